The molecule has 0 rings (SSSR count). The number of hydrogen-bond donors (Lipinski definition) is 0. The van der Waals surface area contributed by atoms with Crippen LogP contribution in [0.25, 0.3) is 0 Å². The summed E-state index contributed by atoms with van der Waals surface area (Å²) in [5.74, 6) is -0.921. The van der Waals surface area contributed by atoms with Gasteiger partial charge in [0.2, 0.25) is 0 Å². The molecule has 0 aromatic rings. The van der Waals surface area contributed by atoms with Crippen molar-refractivity contribution in [2.45, 2.75) is 137 Å². The van der Waals surface area contributed by atoms with Gasteiger partial charge in [0.1, 0.15) is 0 Å². The van der Waals surface area contributed by atoms with E-state index < -0.39 is 5.97 Å². The minimum atomic E-state index is -0.921. The lowest BCUT2D eigenvalue weighted by Gasteiger charge is -2.38. The molecular formula is C30H59NO2. The van der Waals surface area contributed by atoms with Gasteiger partial charge in [0.15, 0.2) is 0 Å². The Morgan fingerprint density at radius 2 is 1.00 bits per heavy atom. The highest BCUT2D eigenvalue weighted by molar-refractivity contribution is 5.64. The Morgan fingerprint density at radius 3 is 1.42 bits per heavy atom. The van der Waals surface area contributed by atoms with Gasteiger partial charge in [-0.2, -0.15) is 0 Å². The second-order valence-electron chi connectivity index (χ2n) is 9.59. The van der Waals surface area contributed by atoms with E-state index in [1.54, 1.807) is 0 Å². The minimum Gasteiger partial charge on any atom is -0.550 e. The van der Waals surface area contributed by atoms with Crippen molar-refractivity contribution in [3.05, 3.63) is 24.3 Å². The fourth-order valence-corrected chi connectivity index (χ4v) is 4.65. The van der Waals surface area contributed by atoms with Crippen LogP contribution in [0.1, 0.15) is 137 Å². The summed E-state index contributed by atoms with van der Waals surface area (Å²) < 4.78 is 1.38. The van der Waals surface area contributed by atoms with Crippen LogP contribution in [0.15, 0.2) is 24.3 Å². The molecule has 3 nitrogen and oxygen atoms in total. The zero-order chi connectivity index (χ0) is 25.0. The first-order valence-corrected chi connectivity index (χ1v) is 14.4. The Labute approximate surface area is 208 Å². The van der Waals surface area contributed by atoms with Crippen LogP contribution < -0.4 is 5.11 Å². The molecule has 0 aliphatic rings. The molecule has 0 saturated heterocycles. The Kier molecular flexibility index (Phi) is 28.0. The number of carbonyl (C=O) groups excluding carboxylic acids is 1. The highest BCUT2D eigenvalue weighted by atomic mass is 16.4. The molecular weight excluding hydrogens is 406 g/mol. The molecule has 33 heavy (non-hydrogen) atoms. The summed E-state index contributed by atoms with van der Waals surface area (Å²) in [6.07, 6.45) is 27.3. The van der Waals surface area contributed by atoms with Gasteiger partial charge in [-0.05, 0) is 70.6 Å². The molecule has 0 heterocycles. The van der Waals surface area contributed by atoms with Gasteiger partial charge in [0.05, 0.1) is 26.2 Å². The minimum absolute atomic E-state index is 0.213. The summed E-state index contributed by atoms with van der Waals surface area (Å²) in [5.41, 5.74) is 0. The third kappa shape index (κ3) is 25.4. The first kappa shape index (κ1) is 34.1. The van der Waals surface area contributed by atoms with E-state index >= 15 is 0 Å². The van der Waals surface area contributed by atoms with E-state index in [1.165, 1.54) is 94.9 Å². The van der Waals surface area contributed by atoms with Crippen molar-refractivity contribution in [2.75, 3.05) is 26.2 Å². The van der Waals surface area contributed by atoms with Gasteiger partial charge in [-0.15, -0.1) is 0 Å². The predicted octanol–water partition coefficient (Wildman–Crippen LogP) is 7.99. The number of hydrogen-bond acceptors (Lipinski definition) is 2. The van der Waals surface area contributed by atoms with Gasteiger partial charge in [0.25, 0.3) is 0 Å². The van der Waals surface area contributed by atoms with Crippen molar-refractivity contribution in [3.8, 4) is 0 Å². The second kappa shape index (κ2) is 27.2. The van der Waals surface area contributed by atoms with E-state index in [0.717, 1.165) is 32.1 Å². The molecule has 0 aliphatic heterocycles. The summed E-state index contributed by atoms with van der Waals surface area (Å²) in [6, 6.07) is 0. The fraction of sp³-hybridized carbons (Fsp3) is 0.833. The molecule has 0 N–H and O–H groups in total. The number of unbranched alkanes of at least 4 members (excludes halogenated alkanes) is 8. The maximum absolute atomic E-state index is 10.2. The van der Waals surface area contributed by atoms with Crippen LogP contribution in [-0.2, 0) is 4.79 Å². The molecule has 0 unspecified atom stereocenters. The molecule has 0 fully saturated rings. The summed E-state index contributed by atoms with van der Waals surface area (Å²) in [6.45, 7) is 17.0. The van der Waals surface area contributed by atoms with Gasteiger partial charge in [0, 0.05) is 5.97 Å². The lowest BCUT2D eigenvalue weighted by atomic mass is 10.1. The van der Waals surface area contributed by atoms with E-state index in [0.29, 0.717) is 0 Å². The zero-order valence-corrected chi connectivity index (χ0v) is 23.2. The summed E-state index contributed by atoms with van der Waals surface area (Å²) >= 11 is 0. The summed E-state index contributed by atoms with van der Waals surface area (Å²) in [7, 11) is 0. The number of carboxylic acids is 1. The van der Waals surface area contributed by atoms with E-state index in [1.807, 2.05) is 0 Å². The normalized spacial score (nSPS) is 11.8. The predicted molar refractivity (Wildman–Crippen MR) is 145 cm³/mol. The topological polar surface area (TPSA) is 40.1 Å². The van der Waals surface area contributed by atoms with Crippen molar-refractivity contribution in [2.24, 2.45) is 0 Å². The smallest absolute Gasteiger partial charge is 0.0783 e. The van der Waals surface area contributed by atoms with Crippen LogP contribution in [0.4, 0.5) is 0 Å². The zero-order valence-electron chi connectivity index (χ0n) is 23.2. The average Bonchev–Trinajstić information content (AvgIpc) is 2.77. The van der Waals surface area contributed by atoms with Crippen molar-refractivity contribution in [3.63, 3.8) is 0 Å². The third-order valence-electron chi connectivity index (χ3n) is 6.12. The lowest BCUT2D eigenvalue weighted by Crippen LogP contribution is -2.50. The number of carbonyl (C=O) groups is 1. The first-order chi connectivity index (χ1) is 16.0. The molecule has 0 amide bonds. The Bertz CT molecular complexity index is 427. The highest BCUT2D eigenvalue weighted by Crippen LogP contribution is 2.12. The highest BCUT2D eigenvalue weighted by Gasteiger charge is 2.22. The van der Waals surface area contributed by atoms with Crippen molar-refractivity contribution < 1.29 is 14.4 Å². The Balaban J connectivity index is 0. The number of aliphatic carboxylic acids is 1. The van der Waals surface area contributed by atoms with E-state index in [2.05, 4.69) is 58.9 Å². The molecule has 0 bridgehead atoms. The standard InChI is InChI=1S/C18H32O2.C12H28N/c1-2-3-4-5-6-7-8-9-10-11-12-13-14-15-16-17-18(19)20;1-5-9-13(10-6-2,11-7-3)12-8-4/h6-7,9-10H,2-5,8,11-17H2,1H3,(H,19,20);5-12H2,1-4H3/q;+1/p-1/b7-6-,10-9-;. The molecule has 0 spiro atoms. The van der Waals surface area contributed by atoms with Gasteiger partial charge in [-0.25, -0.2) is 0 Å². The number of quaternary nitrogens is 1. The van der Waals surface area contributed by atoms with Gasteiger partial charge < -0.3 is 14.4 Å². The lowest BCUT2D eigenvalue weighted by molar-refractivity contribution is -0.928. The summed E-state index contributed by atoms with van der Waals surface area (Å²) in [4.78, 5) is 10.2. The number of nitrogens with zero attached hydrogens (tertiary/aromatic N) is 1. The SMILES string of the molecule is CCCCC/C=C\C/C=C\CCCCCCCC(=O)[O-].CCC[N+](CCC)(CCC)CCC. The van der Waals surface area contributed by atoms with Crippen LogP contribution >= 0.6 is 0 Å². The number of rotatable bonds is 22. The van der Waals surface area contributed by atoms with Crippen LogP contribution in [0, 0.1) is 0 Å². The number of carboxylic acid groups (broad SMARTS) is 1. The molecule has 3 heteroatoms. The average molecular weight is 466 g/mol. The maximum atomic E-state index is 10.2. The van der Waals surface area contributed by atoms with Crippen molar-refractivity contribution >= 4 is 5.97 Å². The van der Waals surface area contributed by atoms with Crippen LogP contribution in [0.5, 0.6) is 0 Å². The molecule has 0 saturated carbocycles. The van der Waals surface area contributed by atoms with Crippen LogP contribution in [-0.4, -0.2) is 36.6 Å². The summed E-state index contributed by atoms with van der Waals surface area (Å²) in [5, 5.41) is 10.2. The molecule has 0 aromatic heterocycles. The van der Waals surface area contributed by atoms with Gasteiger partial charge >= 0.3 is 0 Å². The monoisotopic (exact) mass is 465 g/mol. The van der Waals surface area contributed by atoms with Gasteiger partial charge in [-0.3, -0.25) is 0 Å². The fourth-order valence-electron chi connectivity index (χ4n) is 4.65. The van der Waals surface area contributed by atoms with E-state index in [4.69, 9.17) is 0 Å². The van der Waals surface area contributed by atoms with E-state index in [-0.39, 0.29) is 6.42 Å². The van der Waals surface area contributed by atoms with E-state index in [9.17, 15) is 9.90 Å². The maximum Gasteiger partial charge on any atom is 0.0783 e. The van der Waals surface area contributed by atoms with Crippen LogP contribution in [0.2, 0.25) is 0 Å². The Morgan fingerprint density at radius 1 is 0.576 bits per heavy atom. The van der Waals surface area contributed by atoms with Crippen molar-refractivity contribution in [1.82, 2.24) is 0 Å². The van der Waals surface area contributed by atoms with Crippen LogP contribution in [0.3, 0.4) is 0 Å². The molecule has 0 radical (unpaired) electrons. The molecule has 0 atom stereocenters. The quantitative estimate of drug-likeness (QED) is 0.0923. The second-order valence-corrected chi connectivity index (χ2v) is 9.59. The first-order valence-electron chi connectivity index (χ1n) is 14.4. The molecule has 196 valence electrons. The number of allylic oxidation sites excluding steroid dienone is 4. The van der Waals surface area contributed by atoms with Gasteiger partial charge in [-0.1, -0.05) is 91.0 Å². The molecule has 0 aliphatic carbocycles. The molecule has 0 aromatic carbocycles. The van der Waals surface area contributed by atoms with Crippen molar-refractivity contribution in [1.29, 1.82) is 0 Å². The largest absolute Gasteiger partial charge is 0.550 e. The Hall–Kier alpha value is -1.09. The third-order valence-corrected chi connectivity index (χ3v) is 6.12.